The van der Waals surface area contributed by atoms with E-state index in [1.807, 2.05) is 49.5 Å². The zero-order valence-electron chi connectivity index (χ0n) is 15.2. The van der Waals surface area contributed by atoms with E-state index in [9.17, 15) is 9.59 Å². The van der Waals surface area contributed by atoms with Crippen molar-refractivity contribution in [2.24, 2.45) is 7.05 Å². The van der Waals surface area contributed by atoms with Crippen LogP contribution < -0.4 is 10.9 Å². The minimum atomic E-state index is -0.359. The molecule has 0 aliphatic carbocycles. The second kappa shape index (κ2) is 7.81. The summed E-state index contributed by atoms with van der Waals surface area (Å²) in [5.74, 6) is 0.710. The SMILES string of the molecule is Cn1c(SCc2ccccc2)nc(=O)c2c1NC(=O)CC2c1cccc(Cl)c1. The number of hydrogen-bond donors (Lipinski definition) is 1. The Morgan fingerprint density at radius 1 is 1.18 bits per heavy atom. The molecular formula is C21H18ClN3O2S. The molecule has 1 unspecified atom stereocenters. The van der Waals surface area contributed by atoms with Crippen LogP contribution in [0.3, 0.4) is 0 Å². The molecule has 142 valence electrons. The number of nitrogens with one attached hydrogen (secondary N) is 1. The van der Waals surface area contributed by atoms with Crippen LogP contribution in [0, 0.1) is 0 Å². The molecule has 1 aliphatic rings. The van der Waals surface area contributed by atoms with Crippen LogP contribution in [-0.4, -0.2) is 15.5 Å². The van der Waals surface area contributed by atoms with Crippen LogP contribution in [0.1, 0.15) is 29.0 Å². The highest BCUT2D eigenvalue weighted by Crippen LogP contribution is 2.36. The Labute approximate surface area is 171 Å². The molecule has 4 rings (SSSR count). The van der Waals surface area contributed by atoms with E-state index >= 15 is 0 Å². The summed E-state index contributed by atoms with van der Waals surface area (Å²) in [7, 11) is 1.82. The smallest absolute Gasteiger partial charge is 0.279 e. The number of anilines is 1. The number of carbonyl (C=O) groups is 1. The van der Waals surface area contributed by atoms with Gasteiger partial charge in [0.2, 0.25) is 5.91 Å². The molecule has 0 spiro atoms. The van der Waals surface area contributed by atoms with E-state index in [1.54, 1.807) is 16.7 Å². The molecule has 1 atom stereocenters. The van der Waals surface area contributed by atoms with Gasteiger partial charge in [0.25, 0.3) is 5.56 Å². The first-order valence-electron chi connectivity index (χ1n) is 8.86. The number of fused-ring (bicyclic) bond motifs is 1. The quantitative estimate of drug-likeness (QED) is 0.516. The predicted molar refractivity (Wildman–Crippen MR) is 112 cm³/mol. The average Bonchev–Trinajstić information content (AvgIpc) is 2.69. The summed E-state index contributed by atoms with van der Waals surface area (Å²) >= 11 is 7.59. The highest BCUT2D eigenvalue weighted by Gasteiger charge is 2.32. The van der Waals surface area contributed by atoms with E-state index in [1.165, 1.54) is 11.8 Å². The number of rotatable bonds is 4. The Balaban J connectivity index is 1.74. The van der Waals surface area contributed by atoms with E-state index in [0.29, 0.717) is 27.3 Å². The van der Waals surface area contributed by atoms with Crippen LogP contribution in [0.5, 0.6) is 0 Å². The third-order valence-electron chi connectivity index (χ3n) is 4.76. The molecule has 0 saturated heterocycles. The third-order valence-corrected chi connectivity index (χ3v) is 6.10. The van der Waals surface area contributed by atoms with E-state index in [0.717, 1.165) is 11.1 Å². The van der Waals surface area contributed by atoms with Gasteiger partial charge in [-0.15, -0.1) is 0 Å². The maximum absolute atomic E-state index is 12.9. The first-order valence-corrected chi connectivity index (χ1v) is 10.2. The van der Waals surface area contributed by atoms with Crippen LogP contribution in [0.4, 0.5) is 5.82 Å². The van der Waals surface area contributed by atoms with Gasteiger partial charge in [-0.05, 0) is 23.3 Å². The lowest BCUT2D eigenvalue weighted by Gasteiger charge is -2.27. The van der Waals surface area contributed by atoms with Crippen molar-refractivity contribution in [1.29, 1.82) is 0 Å². The fraction of sp³-hybridized carbons (Fsp3) is 0.190. The van der Waals surface area contributed by atoms with Gasteiger partial charge in [0, 0.05) is 30.2 Å². The Morgan fingerprint density at radius 2 is 1.96 bits per heavy atom. The topological polar surface area (TPSA) is 64.0 Å². The Bertz CT molecular complexity index is 1100. The lowest BCUT2D eigenvalue weighted by atomic mass is 9.87. The molecule has 0 bridgehead atoms. The van der Waals surface area contributed by atoms with Crippen LogP contribution >= 0.6 is 23.4 Å². The molecule has 2 aromatic carbocycles. The first kappa shape index (κ1) is 18.8. The van der Waals surface area contributed by atoms with Crippen LogP contribution in [0.2, 0.25) is 5.02 Å². The number of aromatic nitrogens is 2. The maximum Gasteiger partial charge on any atom is 0.279 e. The zero-order valence-corrected chi connectivity index (χ0v) is 16.8. The minimum absolute atomic E-state index is 0.127. The highest BCUT2D eigenvalue weighted by molar-refractivity contribution is 7.98. The predicted octanol–water partition coefficient (Wildman–Crippen LogP) is 4.20. The van der Waals surface area contributed by atoms with Gasteiger partial charge in [0.15, 0.2) is 5.16 Å². The third kappa shape index (κ3) is 3.70. The average molecular weight is 412 g/mol. The molecule has 28 heavy (non-hydrogen) atoms. The van der Waals surface area contributed by atoms with Gasteiger partial charge in [0.05, 0.1) is 5.56 Å². The summed E-state index contributed by atoms with van der Waals surface area (Å²) < 4.78 is 1.79. The van der Waals surface area contributed by atoms with Crippen LogP contribution in [-0.2, 0) is 17.6 Å². The van der Waals surface area contributed by atoms with Crippen molar-refractivity contribution in [2.75, 3.05) is 5.32 Å². The molecule has 2 heterocycles. The number of nitrogens with zero attached hydrogens (tertiary/aromatic N) is 2. The van der Waals surface area contributed by atoms with Gasteiger partial charge in [0.1, 0.15) is 5.82 Å². The van der Waals surface area contributed by atoms with E-state index < -0.39 is 0 Å². The number of benzene rings is 2. The molecule has 0 fully saturated rings. The number of amides is 1. The number of halogens is 1. The minimum Gasteiger partial charge on any atom is -0.312 e. The van der Waals surface area contributed by atoms with Crippen molar-refractivity contribution in [3.8, 4) is 0 Å². The standard InChI is InChI=1S/C21H18ClN3O2S/c1-25-19-18(16(11-17(26)23-19)14-8-5-9-15(22)10-14)20(27)24-21(25)28-12-13-6-3-2-4-7-13/h2-10,16H,11-12H2,1H3,(H,23,26). The summed E-state index contributed by atoms with van der Waals surface area (Å²) in [6, 6.07) is 17.3. The number of thioether (sulfide) groups is 1. The Morgan fingerprint density at radius 3 is 2.71 bits per heavy atom. The maximum atomic E-state index is 12.9. The summed E-state index contributed by atoms with van der Waals surface area (Å²) in [6.07, 6.45) is 0.195. The fourth-order valence-electron chi connectivity index (χ4n) is 3.39. The molecule has 1 N–H and O–H groups in total. The number of carbonyl (C=O) groups excluding carboxylic acids is 1. The van der Waals surface area contributed by atoms with Crippen molar-refractivity contribution < 1.29 is 4.79 Å². The summed E-state index contributed by atoms with van der Waals surface area (Å²) in [5, 5.41) is 4.00. The van der Waals surface area contributed by atoms with Gasteiger partial charge in [-0.3, -0.25) is 9.59 Å². The van der Waals surface area contributed by atoms with E-state index in [2.05, 4.69) is 10.3 Å². The van der Waals surface area contributed by atoms with Crippen molar-refractivity contribution in [3.05, 3.63) is 86.7 Å². The lowest BCUT2D eigenvalue weighted by molar-refractivity contribution is -0.116. The van der Waals surface area contributed by atoms with E-state index in [4.69, 9.17) is 11.6 Å². The van der Waals surface area contributed by atoms with Crippen molar-refractivity contribution in [1.82, 2.24) is 9.55 Å². The summed E-state index contributed by atoms with van der Waals surface area (Å²) in [4.78, 5) is 29.6. The normalized spacial score (nSPS) is 15.8. The zero-order chi connectivity index (χ0) is 19.7. The monoisotopic (exact) mass is 411 g/mol. The Hall–Kier alpha value is -2.57. The van der Waals surface area contributed by atoms with Crippen LogP contribution in [0.25, 0.3) is 0 Å². The van der Waals surface area contributed by atoms with Crippen molar-refractivity contribution >= 4 is 35.1 Å². The summed E-state index contributed by atoms with van der Waals surface area (Å²) in [5.41, 5.74) is 2.18. The van der Waals surface area contributed by atoms with Gasteiger partial charge >= 0.3 is 0 Å². The van der Waals surface area contributed by atoms with Gasteiger partial charge in [-0.2, -0.15) is 4.98 Å². The van der Waals surface area contributed by atoms with E-state index in [-0.39, 0.29) is 23.8 Å². The molecule has 3 aromatic rings. The summed E-state index contributed by atoms with van der Waals surface area (Å²) in [6.45, 7) is 0. The largest absolute Gasteiger partial charge is 0.312 e. The molecule has 0 saturated carbocycles. The second-order valence-corrected chi connectivity index (χ2v) is 8.03. The van der Waals surface area contributed by atoms with Crippen molar-refractivity contribution in [2.45, 2.75) is 23.2 Å². The molecule has 5 nitrogen and oxygen atoms in total. The van der Waals surface area contributed by atoms with Gasteiger partial charge in [-0.25, -0.2) is 0 Å². The molecule has 1 aliphatic heterocycles. The second-order valence-electron chi connectivity index (χ2n) is 6.65. The number of hydrogen-bond acceptors (Lipinski definition) is 4. The Kier molecular flexibility index (Phi) is 5.24. The van der Waals surface area contributed by atoms with Crippen molar-refractivity contribution in [3.63, 3.8) is 0 Å². The first-order chi connectivity index (χ1) is 13.5. The molecule has 0 radical (unpaired) electrons. The lowest BCUT2D eigenvalue weighted by Crippen LogP contribution is -2.33. The van der Waals surface area contributed by atoms with Gasteiger partial charge < -0.3 is 9.88 Å². The molecule has 1 amide bonds. The molecule has 1 aromatic heterocycles. The highest BCUT2D eigenvalue weighted by atomic mass is 35.5. The van der Waals surface area contributed by atoms with Crippen LogP contribution in [0.15, 0.2) is 64.5 Å². The van der Waals surface area contributed by atoms with Gasteiger partial charge in [-0.1, -0.05) is 65.8 Å². The molecular weight excluding hydrogens is 394 g/mol. The molecule has 7 heteroatoms. The fourth-order valence-corrected chi connectivity index (χ4v) is 4.51.